The lowest BCUT2D eigenvalue weighted by Crippen LogP contribution is -2.29. The molecule has 0 radical (unpaired) electrons. The van der Waals surface area contributed by atoms with Crippen LogP contribution in [-0.2, 0) is 16.1 Å². The zero-order chi connectivity index (χ0) is 18.6. The third kappa shape index (κ3) is 4.67. The van der Waals surface area contributed by atoms with Crippen molar-refractivity contribution in [1.82, 2.24) is 0 Å². The summed E-state index contributed by atoms with van der Waals surface area (Å²) in [5.74, 6) is 1.96. The lowest BCUT2D eigenvalue weighted by molar-refractivity contribution is -0.126. The van der Waals surface area contributed by atoms with Crippen LogP contribution in [0.4, 0.5) is 5.69 Å². The molecular formula is C20H23ClN2O5. The highest BCUT2D eigenvalue weighted by molar-refractivity contribution is 5.94. The highest BCUT2D eigenvalue weighted by atomic mass is 35.5. The smallest absolute Gasteiger partial charge is 0.253 e. The molecule has 8 heteroatoms. The molecule has 1 saturated heterocycles. The number of amides is 1. The number of hydrogen-bond donors (Lipinski definition) is 2. The minimum atomic E-state index is -0.438. The second-order valence-electron chi connectivity index (χ2n) is 6.55. The number of fused-ring (bicyclic) bond motifs is 1. The standard InChI is InChI=1S/C20H22N2O5.ClH/c21-10-16-5-7-18(27-16)20(23)22-14-3-1-2-13(8-14)11-24-15-4-6-17-19(9-15)26-12-25-17;/h1-4,6,8-9,16,18H,5,7,10-12,21H2,(H,22,23);1H/t16-,18+;/m1./s1. The van der Waals surface area contributed by atoms with Crippen molar-refractivity contribution in [2.45, 2.75) is 31.7 Å². The number of halogens is 1. The van der Waals surface area contributed by atoms with Gasteiger partial charge in [-0.3, -0.25) is 4.79 Å². The van der Waals surface area contributed by atoms with Crippen molar-refractivity contribution in [1.29, 1.82) is 0 Å². The first-order valence-corrected chi connectivity index (χ1v) is 8.99. The maximum Gasteiger partial charge on any atom is 0.253 e. The third-order valence-electron chi connectivity index (χ3n) is 4.61. The quantitative estimate of drug-likeness (QED) is 0.766. The van der Waals surface area contributed by atoms with Crippen molar-refractivity contribution in [2.75, 3.05) is 18.7 Å². The van der Waals surface area contributed by atoms with Crippen LogP contribution >= 0.6 is 12.4 Å². The van der Waals surface area contributed by atoms with Gasteiger partial charge in [-0.05, 0) is 42.7 Å². The van der Waals surface area contributed by atoms with Gasteiger partial charge in [0.1, 0.15) is 18.5 Å². The summed E-state index contributed by atoms with van der Waals surface area (Å²) in [6.07, 6.45) is 1.05. The van der Waals surface area contributed by atoms with E-state index in [4.69, 9.17) is 24.7 Å². The number of ether oxygens (including phenoxy) is 4. The monoisotopic (exact) mass is 406 g/mol. The van der Waals surface area contributed by atoms with E-state index in [1.54, 1.807) is 6.07 Å². The lowest BCUT2D eigenvalue weighted by Gasteiger charge is -2.13. The zero-order valence-corrected chi connectivity index (χ0v) is 16.1. The van der Waals surface area contributed by atoms with Crippen LogP contribution in [0.1, 0.15) is 18.4 Å². The first-order chi connectivity index (χ1) is 13.2. The Labute approximate surface area is 169 Å². The number of nitrogens with one attached hydrogen (secondary N) is 1. The molecule has 150 valence electrons. The molecule has 7 nitrogen and oxygen atoms in total. The molecule has 0 aromatic heterocycles. The van der Waals surface area contributed by atoms with Crippen molar-refractivity contribution in [3.05, 3.63) is 48.0 Å². The molecule has 0 aliphatic carbocycles. The number of anilines is 1. The summed E-state index contributed by atoms with van der Waals surface area (Å²) in [5.41, 5.74) is 7.25. The van der Waals surface area contributed by atoms with Gasteiger partial charge in [-0.2, -0.15) is 0 Å². The zero-order valence-electron chi connectivity index (χ0n) is 15.3. The fourth-order valence-electron chi connectivity index (χ4n) is 3.17. The fraction of sp³-hybridized carbons (Fsp3) is 0.350. The van der Waals surface area contributed by atoms with Crippen LogP contribution in [0.5, 0.6) is 17.2 Å². The largest absolute Gasteiger partial charge is 0.489 e. The predicted molar refractivity (Wildman–Crippen MR) is 106 cm³/mol. The molecule has 2 aromatic rings. The van der Waals surface area contributed by atoms with Gasteiger partial charge in [0.25, 0.3) is 5.91 Å². The first-order valence-electron chi connectivity index (χ1n) is 8.99. The number of carbonyl (C=O) groups excluding carboxylic acids is 1. The summed E-state index contributed by atoms with van der Waals surface area (Å²) in [7, 11) is 0. The maximum absolute atomic E-state index is 12.3. The molecule has 28 heavy (non-hydrogen) atoms. The van der Waals surface area contributed by atoms with Crippen molar-refractivity contribution in [3.8, 4) is 17.2 Å². The van der Waals surface area contributed by atoms with E-state index in [0.717, 1.165) is 17.7 Å². The summed E-state index contributed by atoms with van der Waals surface area (Å²) >= 11 is 0. The topological polar surface area (TPSA) is 92.0 Å². The summed E-state index contributed by atoms with van der Waals surface area (Å²) in [4.78, 5) is 12.3. The van der Waals surface area contributed by atoms with Gasteiger partial charge in [0.2, 0.25) is 6.79 Å². The number of benzene rings is 2. The van der Waals surface area contributed by atoms with Crippen LogP contribution in [0.3, 0.4) is 0 Å². The normalized spacial score (nSPS) is 19.8. The maximum atomic E-state index is 12.3. The molecular weight excluding hydrogens is 384 g/mol. The van der Waals surface area contributed by atoms with Crippen LogP contribution in [0.2, 0.25) is 0 Å². The fourth-order valence-corrected chi connectivity index (χ4v) is 3.17. The van der Waals surface area contributed by atoms with Gasteiger partial charge < -0.3 is 30.0 Å². The molecule has 1 amide bonds. The van der Waals surface area contributed by atoms with Gasteiger partial charge >= 0.3 is 0 Å². The molecule has 1 fully saturated rings. The van der Waals surface area contributed by atoms with E-state index in [1.165, 1.54) is 0 Å². The minimum absolute atomic E-state index is 0. The molecule has 2 aliphatic rings. The van der Waals surface area contributed by atoms with E-state index < -0.39 is 6.10 Å². The highest BCUT2D eigenvalue weighted by Gasteiger charge is 2.29. The molecule has 2 aromatic carbocycles. The molecule has 0 saturated carbocycles. The second-order valence-corrected chi connectivity index (χ2v) is 6.55. The van der Waals surface area contributed by atoms with Gasteiger partial charge in [-0.15, -0.1) is 12.4 Å². The average molecular weight is 407 g/mol. The number of hydrogen-bond acceptors (Lipinski definition) is 6. The Bertz CT molecular complexity index is 832. The van der Waals surface area contributed by atoms with Crippen LogP contribution in [-0.4, -0.2) is 31.5 Å². The third-order valence-corrected chi connectivity index (χ3v) is 4.61. The Balaban J connectivity index is 0.00000225. The SMILES string of the molecule is Cl.NC[C@H]1CC[C@@H](C(=O)Nc2cccc(COc3ccc4c(c3)OCO4)c2)O1. The number of nitrogens with two attached hydrogens (primary N) is 1. The molecule has 3 N–H and O–H groups in total. The van der Waals surface area contributed by atoms with Gasteiger partial charge in [-0.1, -0.05) is 12.1 Å². The highest BCUT2D eigenvalue weighted by Crippen LogP contribution is 2.35. The first kappa shape index (κ1) is 20.3. The molecule has 0 bridgehead atoms. The van der Waals surface area contributed by atoms with E-state index in [-0.39, 0.29) is 31.2 Å². The summed E-state index contributed by atoms with van der Waals surface area (Å²) in [6.45, 7) is 1.05. The van der Waals surface area contributed by atoms with Crippen LogP contribution in [0.25, 0.3) is 0 Å². The van der Waals surface area contributed by atoms with Crippen LogP contribution in [0.15, 0.2) is 42.5 Å². The van der Waals surface area contributed by atoms with E-state index in [1.807, 2.05) is 36.4 Å². The molecule has 2 heterocycles. The van der Waals surface area contributed by atoms with E-state index in [2.05, 4.69) is 5.32 Å². The Kier molecular flexibility index (Phi) is 6.61. The van der Waals surface area contributed by atoms with Gasteiger partial charge in [-0.25, -0.2) is 0 Å². The summed E-state index contributed by atoms with van der Waals surface area (Å²) < 4.78 is 22.1. The van der Waals surface area contributed by atoms with Crippen LogP contribution < -0.4 is 25.3 Å². The van der Waals surface area contributed by atoms with Crippen molar-refractivity contribution in [3.63, 3.8) is 0 Å². The summed E-state index contributed by atoms with van der Waals surface area (Å²) in [5, 5.41) is 2.90. The van der Waals surface area contributed by atoms with Crippen molar-refractivity contribution >= 4 is 24.0 Å². The number of rotatable bonds is 6. The molecule has 0 spiro atoms. The second kappa shape index (κ2) is 9.14. The number of carbonyl (C=O) groups is 1. The lowest BCUT2D eigenvalue weighted by atomic mass is 10.1. The molecule has 2 atom stereocenters. The Morgan fingerprint density at radius 3 is 2.82 bits per heavy atom. The van der Waals surface area contributed by atoms with E-state index in [0.29, 0.717) is 36.8 Å². The summed E-state index contributed by atoms with van der Waals surface area (Å²) in [6, 6.07) is 13.0. The van der Waals surface area contributed by atoms with Crippen molar-refractivity contribution < 1.29 is 23.7 Å². The Morgan fingerprint density at radius 1 is 1.14 bits per heavy atom. The molecule has 4 rings (SSSR count). The van der Waals surface area contributed by atoms with Gasteiger partial charge in [0, 0.05) is 18.3 Å². The molecule has 0 unspecified atom stereocenters. The Morgan fingerprint density at radius 2 is 2.00 bits per heavy atom. The van der Waals surface area contributed by atoms with Crippen molar-refractivity contribution in [2.24, 2.45) is 5.73 Å². The Hall–Kier alpha value is -2.48. The van der Waals surface area contributed by atoms with E-state index in [9.17, 15) is 4.79 Å². The van der Waals surface area contributed by atoms with E-state index >= 15 is 0 Å². The van der Waals surface area contributed by atoms with Gasteiger partial charge in [0.15, 0.2) is 11.5 Å². The van der Waals surface area contributed by atoms with Crippen LogP contribution in [0, 0.1) is 0 Å². The molecule has 2 aliphatic heterocycles. The average Bonchev–Trinajstić information content (AvgIpc) is 3.35. The predicted octanol–water partition coefficient (Wildman–Crippen LogP) is 2.86. The van der Waals surface area contributed by atoms with Gasteiger partial charge in [0.05, 0.1) is 6.10 Å². The minimum Gasteiger partial charge on any atom is -0.489 e.